The number of para-hydroxylation sites is 1. The van der Waals surface area contributed by atoms with Gasteiger partial charge in [-0.1, -0.05) is 24.3 Å². The molecule has 114 valence electrons. The van der Waals surface area contributed by atoms with Gasteiger partial charge in [-0.05, 0) is 43.2 Å². The Bertz CT molecular complexity index is 686. The molecule has 0 fully saturated rings. The molecule has 0 saturated heterocycles. The molecule has 0 radical (unpaired) electrons. The fourth-order valence-electron chi connectivity index (χ4n) is 2.01. The van der Waals surface area contributed by atoms with Crippen LogP contribution in [0.4, 0.5) is 0 Å². The Hall–Kier alpha value is -2.82. The average Bonchev–Trinajstić information content (AvgIpc) is 2.47. The zero-order valence-electron chi connectivity index (χ0n) is 12.3. The zero-order chi connectivity index (χ0) is 16.1. The van der Waals surface area contributed by atoms with E-state index in [1.165, 1.54) is 24.3 Å². The van der Waals surface area contributed by atoms with Crippen molar-refractivity contribution < 1.29 is 24.2 Å². The van der Waals surface area contributed by atoms with Crippen molar-refractivity contribution in [1.29, 1.82) is 0 Å². The summed E-state index contributed by atoms with van der Waals surface area (Å²) in [6, 6.07) is 11.4. The molecule has 0 aliphatic carbocycles. The van der Waals surface area contributed by atoms with Gasteiger partial charge in [0.25, 0.3) is 0 Å². The Labute approximate surface area is 128 Å². The summed E-state index contributed by atoms with van der Waals surface area (Å²) in [5, 5.41) is 8.89. The van der Waals surface area contributed by atoms with Crippen LogP contribution in [0.2, 0.25) is 0 Å². The second-order valence-electron chi connectivity index (χ2n) is 4.82. The molecule has 0 heterocycles. The zero-order valence-corrected chi connectivity index (χ0v) is 12.3. The lowest BCUT2D eigenvalue weighted by Gasteiger charge is -2.11. The van der Waals surface area contributed by atoms with Gasteiger partial charge in [-0.2, -0.15) is 0 Å². The molecule has 5 nitrogen and oxygen atoms in total. The van der Waals surface area contributed by atoms with Crippen molar-refractivity contribution in [3.05, 3.63) is 59.2 Å². The fraction of sp³-hybridized carbons (Fsp3) is 0.176. The van der Waals surface area contributed by atoms with E-state index in [1.54, 1.807) is 0 Å². The summed E-state index contributed by atoms with van der Waals surface area (Å²) < 4.78 is 10.6. The first-order valence-corrected chi connectivity index (χ1v) is 6.70. The van der Waals surface area contributed by atoms with Gasteiger partial charge in [0.1, 0.15) is 11.5 Å². The van der Waals surface area contributed by atoms with E-state index >= 15 is 0 Å². The minimum absolute atomic E-state index is 0.0565. The van der Waals surface area contributed by atoms with Crippen LogP contribution < -0.4 is 9.47 Å². The van der Waals surface area contributed by atoms with E-state index in [-0.39, 0.29) is 17.9 Å². The lowest BCUT2D eigenvalue weighted by molar-refractivity contribution is -0.136. The number of aromatic carboxylic acids is 1. The predicted octanol–water partition coefficient (Wildman–Crippen LogP) is 2.99. The molecule has 0 aliphatic rings. The van der Waals surface area contributed by atoms with Gasteiger partial charge < -0.3 is 14.6 Å². The predicted molar refractivity (Wildman–Crippen MR) is 80.4 cm³/mol. The number of ether oxygens (including phenoxy) is 2. The van der Waals surface area contributed by atoms with Crippen LogP contribution in [-0.2, 0) is 4.79 Å². The Kier molecular flexibility index (Phi) is 4.78. The summed E-state index contributed by atoms with van der Waals surface area (Å²) in [5.74, 6) is -0.844. The van der Waals surface area contributed by atoms with Gasteiger partial charge in [-0.3, -0.25) is 0 Å². The van der Waals surface area contributed by atoms with Gasteiger partial charge in [0.15, 0.2) is 6.61 Å². The highest BCUT2D eigenvalue weighted by molar-refractivity contribution is 5.88. The Morgan fingerprint density at radius 1 is 1.05 bits per heavy atom. The Balaban J connectivity index is 1.99. The molecule has 0 saturated carbocycles. The van der Waals surface area contributed by atoms with Crippen LogP contribution in [0.25, 0.3) is 0 Å². The second-order valence-corrected chi connectivity index (χ2v) is 4.82. The summed E-state index contributed by atoms with van der Waals surface area (Å²) >= 11 is 0. The third-order valence-electron chi connectivity index (χ3n) is 3.06. The van der Waals surface area contributed by atoms with E-state index in [4.69, 9.17) is 14.6 Å². The molecule has 22 heavy (non-hydrogen) atoms. The number of aryl methyl sites for hydroxylation is 2. The molecule has 2 rings (SSSR count). The summed E-state index contributed by atoms with van der Waals surface area (Å²) in [7, 11) is 0. The van der Waals surface area contributed by atoms with Gasteiger partial charge >= 0.3 is 11.9 Å². The minimum atomic E-state index is -1.08. The molecule has 0 atom stereocenters. The number of hydrogen-bond acceptors (Lipinski definition) is 4. The van der Waals surface area contributed by atoms with Gasteiger partial charge in [0, 0.05) is 0 Å². The number of hydrogen-bond donors (Lipinski definition) is 1. The van der Waals surface area contributed by atoms with Crippen molar-refractivity contribution in [3.63, 3.8) is 0 Å². The topological polar surface area (TPSA) is 72.8 Å². The monoisotopic (exact) mass is 300 g/mol. The molecule has 0 spiro atoms. The maximum Gasteiger partial charge on any atom is 0.349 e. The van der Waals surface area contributed by atoms with E-state index in [9.17, 15) is 9.59 Å². The molecule has 0 aliphatic heterocycles. The van der Waals surface area contributed by atoms with Gasteiger partial charge in [-0.15, -0.1) is 0 Å². The van der Waals surface area contributed by atoms with Gasteiger partial charge in [0.05, 0.1) is 5.56 Å². The quantitative estimate of drug-likeness (QED) is 0.679. The molecule has 0 aromatic heterocycles. The van der Waals surface area contributed by atoms with Crippen molar-refractivity contribution in [2.45, 2.75) is 13.8 Å². The third-order valence-corrected chi connectivity index (χ3v) is 3.06. The number of benzene rings is 2. The smallest absolute Gasteiger partial charge is 0.349 e. The first-order chi connectivity index (χ1) is 10.5. The molecule has 0 amide bonds. The van der Waals surface area contributed by atoms with Crippen molar-refractivity contribution in [3.8, 4) is 11.5 Å². The van der Waals surface area contributed by atoms with Crippen LogP contribution in [-0.4, -0.2) is 23.7 Å². The Morgan fingerprint density at radius 3 is 2.32 bits per heavy atom. The number of esters is 1. The number of rotatable bonds is 5. The van der Waals surface area contributed by atoms with Crippen molar-refractivity contribution in [2.24, 2.45) is 0 Å². The van der Waals surface area contributed by atoms with Crippen molar-refractivity contribution in [2.75, 3.05) is 6.61 Å². The molecule has 0 unspecified atom stereocenters. The molecular weight excluding hydrogens is 284 g/mol. The SMILES string of the molecule is Cc1cccc(C)c1OCC(=O)Oc1cccc(C(=O)O)c1. The van der Waals surface area contributed by atoms with Crippen molar-refractivity contribution >= 4 is 11.9 Å². The lowest BCUT2D eigenvalue weighted by atomic mass is 10.1. The van der Waals surface area contributed by atoms with E-state index in [1.807, 2.05) is 32.0 Å². The second kappa shape index (κ2) is 6.76. The number of carboxylic acid groups (broad SMARTS) is 1. The number of carbonyl (C=O) groups is 2. The fourth-order valence-corrected chi connectivity index (χ4v) is 2.01. The third kappa shape index (κ3) is 3.85. The number of carbonyl (C=O) groups excluding carboxylic acids is 1. The summed E-state index contributed by atoms with van der Waals surface area (Å²) in [6.45, 7) is 3.54. The maximum absolute atomic E-state index is 11.8. The van der Waals surface area contributed by atoms with Crippen LogP contribution in [0, 0.1) is 13.8 Å². The molecule has 2 aromatic carbocycles. The van der Waals surface area contributed by atoms with Gasteiger partial charge in [-0.25, -0.2) is 9.59 Å². The number of carboxylic acids is 1. The minimum Gasteiger partial charge on any atom is -0.481 e. The van der Waals surface area contributed by atoms with Crippen LogP contribution in [0.15, 0.2) is 42.5 Å². The van der Waals surface area contributed by atoms with Gasteiger partial charge in [0.2, 0.25) is 0 Å². The standard InChI is InChI=1S/C17H16O5/c1-11-5-3-6-12(2)16(11)21-10-15(18)22-14-8-4-7-13(9-14)17(19)20/h3-9H,10H2,1-2H3,(H,19,20). The van der Waals surface area contributed by atoms with E-state index in [0.29, 0.717) is 5.75 Å². The van der Waals surface area contributed by atoms with Crippen LogP contribution in [0.1, 0.15) is 21.5 Å². The molecular formula is C17H16O5. The van der Waals surface area contributed by atoms with E-state index in [2.05, 4.69) is 0 Å². The molecule has 2 aromatic rings. The van der Waals surface area contributed by atoms with Crippen LogP contribution >= 0.6 is 0 Å². The summed E-state index contributed by atoms with van der Waals surface area (Å²) in [5.41, 5.74) is 1.92. The lowest BCUT2D eigenvalue weighted by Crippen LogP contribution is -2.18. The highest BCUT2D eigenvalue weighted by Gasteiger charge is 2.11. The summed E-state index contributed by atoms with van der Waals surface area (Å²) in [4.78, 5) is 22.7. The van der Waals surface area contributed by atoms with E-state index < -0.39 is 11.9 Å². The first kappa shape index (κ1) is 15.6. The molecule has 5 heteroatoms. The normalized spacial score (nSPS) is 10.1. The first-order valence-electron chi connectivity index (χ1n) is 6.70. The Morgan fingerprint density at radius 2 is 1.68 bits per heavy atom. The molecule has 0 bridgehead atoms. The van der Waals surface area contributed by atoms with Crippen molar-refractivity contribution in [1.82, 2.24) is 0 Å². The average molecular weight is 300 g/mol. The van der Waals surface area contributed by atoms with E-state index in [0.717, 1.165) is 11.1 Å². The summed E-state index contributed by atoms with van der Waals surface area (Å²) in [6.07, 6.45) is 0. The largest absolute Gasteiger partial charge is 0.481 e. The molecule has 1 N–H and O–H groups in total. The van der Waals surface area contributed by atoms with Crippen LogP contribution in [0.5, 0.6) is 11.5 Å². The van der Waals surface area contributed by atoms with Crippen LogP contribution in [0.3, 0.4) is 0 Å². The maximum atomic E-state index is 11.8. The highest BCUT2D eigenvalue weighted by Crippen LogP contribution is 2.22. The highest BCUT2D eigenvalue weighted by atomic mass is 16.6.